The van der Waals surface area contributed by atoms with Crippen LogP contribution in [-0.2, 0) is 10.8 Å². The molecule has 0 fully saturated rings. The molecule has 5 nitrogen and oxygen atoms in total. The van der Waals surface area contributed by atoms with E-state index in [-0.39, 0.29) is 16.2 Å². The quantitative estimate of drug-likeness (QED) is 0.171. The summed E-state index contributed by atoms with van der Waals surface area (Å²) < 4.78 is 9.11. The Bertz CT molecular complexity index is 2510. The highest BCUT2D eigenvalue weighted by Gasteiger charge is 2.33. The van der Waals surface area contributed by atoms with E-state index in [4.69, 9.17) is 9.72 Å². The molecule has 0 radical (unpaired) electrons. The second-order valence-corrected chi connectivity index (χ2v) is 18.0. The molecule has 8 rings (SSSR count). The fourth-order valence-corrected chi connectivity index (χ4v) is 7.58. The third-order valence-electron chi connectivity index (χ3n) is 10.7. The zero-order valence-electron chi connectivity index (χ0n) is 33.7. The first-order valence-corrected chi connectivity index (χ1v) is 19.4. The van der Waals surface area contributed by atoms with Crippen LogP contribution in [0, 0.1) is 5.41 Å². The summed E-state index contributed by atoms with van der Waals surface area (Å²) in [5.74, 6) is 2.43. The number of para-hydroxylation sites is 1. The van der Waals surface area contributed by atoms with Gasteiger partial charge in [-0.1, -0.05) is 123 Å². The zero-order valence-corrected chi connectivity index (χ0v) is 33.7. The van der Waals surface area contributed by atoms with Crippen LogP contribution in [-0.4, -0.2) is 16.2 Å². The fourth-order valence-electron chi connectivity index (χ4n) is 7.58. The molecule has 0 N–H and O–H groups in total. The van der Waals surface area contributed by atoms with Gasteiger partial charge in [0, 0.05) is 57.8 Å². The third-order valence-corrected chi connectivity index (χ3v) is 10.7. The minimum Gasteiger partial charge on any atom is -0.457 e. The van der Waals surface area contributed by atoms with Crippen molar-refractivity contribution in [1.82, 2.24) is 9.55 Å². The van der Waals surface area contributed by atoms with Gasteiger partial charge in [-0.15, -0.1) is 0 Å². The number of pyridine rings is 1. The lowest BCUT2D eigenvalue weighted by Crippen LogP contribution is -2.31. The molecule has 0 unspecified atom stereocenters. The summed E-state index contributed by atoms with van der Waals surface area (Å²) in [4.78, 5) is 9.61. The van der Waals surface area contributed by atoms with E-state index < -0.39 is 0 Å². The molecule has 5 aromatic carbocycles. The number of aromatic nitrogens is 2. The molecule has 1 aliphatic rings. The number of hydrogen-bond acceptors (Lipinski definition) is 4. The number of benzene rings is 5. The van der Waals surface area contributed by atoms with Crippen LogP contribution in [0.1, 0.15) is 73.4 Å². The van der Waals surface area contributed by atoms with Gasteiger partial charge in [-0.05, 0) is 87.7 Å². The van der Waals surface area contributed by atoms with Crippen molar-refractivity contribution in [3.05, 3.63) is 157 Å². The number of anilines is 2. The number of rotatable bonds is 6. The lowest BCUT2D eigenvalue weighted by atomic mass is 9.80. The summed E-state index contributed by atoms with van der Waals surface area (Å²) in [6.45, 7) is 21.4. The second-order valence-electron chi connectivity index (χ2n) is 18.0. The summed E-state index contributed by atoms with van der Waals surface area (Å²) in [6.07, 6.45) is 4.20. The molecule has 0 saturated heterocycles. The Kier molecular flexibility index (Phi) is 8.87. The Balaban J connectivity index is 1.23. The Hall–Kier alpha value is -5.81. The van der Waals surface area contributed by atoms with Crippen LogP contribution in [0.5, 0.6) is 11.5 Å². The number of ether oxygens (including phenoxy) is 1. The van der Waals surface area contributed by atoms with E-state index in [2.05, 4.69) is 198 Å². The van der Waals surface area contributed by atoms with E-state index in [1.54, 1.807) is 0 Å². The standard InChI is InChI=1S/C50H52N4O/c1-48(2,3)36-27-37(49(4,5)6)29-38(28-36)52-32-46(50(7,8)9)53(33-52)39-25-35(34-17-11-10-12-18-34)26-41(30-39)55-40-22-23-43-42-19-13-14-20-44(42)54(45(43)31-40)47-21-15-16-24-51-47/h10-32H,33H2,1-9H3. The van der Waals surface area contributed by atoms with Gasteiger partial charge in [0.2, 0.25) is 0 Å². The van der Waals surface area contributed by atoms with E-state index in [0.29, 0.717) is 6.67 Å². The van der Waals surface area contributed by atoms with Crippen LogP contribution in [0.3, 0.4) is 0 Å². The van der Waals surface area contributed by atoms with E-state index in [1.165, 1.54) is 27.9 Å². The van der Waals surface area contributed by atoms with Crippen LogP contribution in [0.15, 0.2) is 145 Å². The van der Waals surface area contributed by atoms with Crippen molar-refractivity contribution in [2.75, 3.05) is 16.5 Å². The second kappa shape index (κ2) is 13.5. The predicted octanol–water partition coefficient (Wildman–Crippen LogP) is 13.4. The van der Waals surface area contributed by atoms with Crippen molar-refractivity contribution in [3.8, 4) is 28.4 Å². The molecular formula is C50H52N4O. The van der Waals surface area contributed by atoms with Gasteiger partial charge in [0.15, 0.2) is 0 Å². The van der Waals surface area contributed by atoms with Crippen molar-refractivity contribution in [2.24, 2.45) is 5.41 Å². The molecule has 0 spiro atoms. The fraction of sp³-hybridized carbons (Fsp3) is 0.260. The molecule has 0 bridgehead atoms. The molecule has 2 aromatic heterocycles. The molecule has 55 heavy (non-hydrogen) atoms. The monoisotopic (exact) mass is 724 g/mol. The number of nitrogens with zero attached hydrogens (tertiary/aromatic N) is 4. The van der Waals surface area contributed by atoms with Crippen molar-refractivity contribution in [2.45, 2.75) is 73.1 Å². The molecule has 3 heterocycles. The van der Waals surface area contributed by atoms with Gasteiger partial charge < -0.3 is 14.5 Å². The summed E-state index contributed by atoms with van der Waals surface area (Å²) in [6, 6.07) is 45.4. The number of hydrogen-bond donors (Lipinski definition) is 0. The maximum atomic E-state index is 6.88. The number of fused-ring (bicyclic) bond motifs is 3. The largest absolute Gasteiger partial charge is 0.457 e. The Morgan fingerprint density at radius 1 is 0.527 bits per heavy atom. The Labute approximate surface area is 326 Å². The molecule has 7 aromatic rings. The molecule has 0 atom stereocenters. The smallest absolute Gasteiger partial charge is 0.137 e. The highest BCUT2D eigenvalue weighted by atomic mass is 16.5. The summed E-state index contributed by atoms with van der Waals surface area (Å²) >= 11 is 0. The van der Waals surface area contributed by atoms with Crippen molar-refractivity contribution in [1.29, 1.82) is 0 Å². The van der Waals surface area contributed by atoms with E-state index in [0.717, 1.165) is 50.6 Å². The lowest BCUT2D eigenvalue weighted by molar-refractivity contribution is 0.481. The minimum absolute atomic E-state index is 0.0250. The summed E-state index contributed by atoms with van der Waals surface area (Å²) in [5.41, 5.74) is 10.6. The van der Waals surface area contributed by atoms with E-state index in [9.17, 15) is 0 Å². The lowest BCUT2D eigenvalue weighted by Gasteiger charge is -2.32. The predicted molar refractivity (Wildman–Crippen MR) is 232 cm³/mol. The molecule has 5 heteroatoms. The average molecular weight is 725 g/mol. The first-order chi connectivity index (χ1) is 26.1. The molecule has 0 saturated carbocycles. The maximum Gasteiger partial charge on any atom is 0.137 e. The van der Waals surface area contributed by atoms with Gasteiger partial charge in [-0.3, -0.25) is 4.57 Å². The molecule has 1 aliphatic heterocycles. The topological polar surface area (TPSA) is 33.5 Å². The van der Waals surface area contributed by atoms with Gasteiger partial charge in [0.1, 0.15) is 17.3 Å². The third kappa shape index (κ3) is 7.12. The normalized spacial score (nSPS) is 13.9. The van der Waals surface area contributed by atoms with Gasteiger partial charge in [-0.25, -0.2) is 4.98 Å². The van der Waals surface area contributed by atoms with E-state index >= 15 is 0 Å². The molecular weight excluding hydrogens is 673 g/mol. The van der Waals surface area contributed by atoms with Crippen molar-refractivity contribution in [3.63, 3.8) is 0 Å². The maximum absolute atomic E-state index is 6.88. The van der Waals surface area contributed by atoms with Gasteiger partial charge in [0.05, 0.1) is 17.7 Å². The highest BCUT2D eigenvalue weighted by Crippen LogP contribution is 2.43. The summed E-state index contributed by atoms with van der Waals surface area (Å²) in [5, 5.41) is 2.35. The van der Waals surface area contributed by atoms with Gasteiger partial charge in [0.25, 0.3) is 0 Å². The average Bonchev–Trinajstić information content (AvgIpc) is 3.75. The molecule has 0 aliphatic carbocycles. The van der Waals surface area contributed by atoms with Gasteiger partial charge >= 0.3 is 0 Å². The highest BCUT2D eigenvalue weighted by molar-refractivity contribution is 6.09. The minimum atomic E-state index is -0.114. The van der Waals surface area contributed by atoms with Crippen molar-refractivity contribution >= 4 is 33.2 Å². The number of allylic oxidation sites excluding steroid dienone is 1. The molecule has 0 amide bonds. The van der Waals surface area contributed by atoms with Gasteiger partial charge in [-0.2, -0.15) is 0 Å². The first-order valence-electron chi connectivity index (χ1n) is 19.4. The Morgan fingerprint density at radius 3 is 1.87 bits per heavy atom. The zero-order chi connectivity index (χ0) is 38.7. The van der Waals surface area contributed by atoms with Crippen molar-refractivity contribution < 1.29 is 4.74 Å². The van der Waals surface area contributed by atoms with Crippen LogP contribution in [0.2, 0.25) is 0 Å². The van der Waals surface area contributed by atoms with E-state index in [1.807, 2.05) is 18.3 Å². The SMILES string of the molecule is CC(C)(C)C1=CN(c2cc(C(C)(C)C)cc(C(C)(C)C)c2)CN1c1cc(Oc2ccc3c4ccccc4n(-c4ccccn4)c3c2)cc(-c2ccccc2)c1. The van der Waals surface area contributed by atoms with Crippen LogP contribution < -0.4 is 14.5 Å². The summed E-state index contributed by atoms with van der Waals surface area (Å²) in [7, 11) is 0. The van der Waals surface area contributed by atoms with Crippen LogP contribution in [0.25, 0.3) is 38.8 Å². The molecule has 278 valence electrons. The van der Waals surface area contributed by atoms with Crippen LogP contribution >= 0.6 is 0 Å². The Morgan fingerprint density at radius 2 is 1.20 bits per heavy atom. The van der Waals surface area contributed by atoms with Crippen LogP contribution in [0.4, 0.5) is 11.4 Å². The first kappa shape index (κ1) is 36.2.